The molecule has 0 atom stereocenters. The van der Waals surface area contributed by atoms with Crippen LogP contribution in [0, 0.1) is 10.1 Å². The van der Waals surface area contributed by atoms with Gasteiger partial charge in [-0.15, -0.1) is 24.0 Å². The van der Waals surface area contributed by atoms with Gasteiger partial charge in [-0.2, -0.15) is 0 Å². The average molecular weight is 442 g/mol. The van der Waals surface area contributed by atoms with Crippen molar-refractivity contribution in [3.05, 3.63) is 64.1 Å². The lowest BCUT2D eigenvalue weighted by Crippen LogP contribution is -2.38. The van der Waals surface area contributed by atoms with E-state index in [1.807, 2.05) is 12.1 Å². The van der Waals surface area contributed by atoms with Crippen LogP contribution in [0.5, 0.6) is 0 Å². The highest BCUT2D eigenvalue weighted by Crippen LogP contribution is 2.18. The van der Waals surface area contributed by atoms with Crippen molar-refractivity contribution < 1.29 is 9.34 Å². The Labute approximate surface area is 156 Å². The molecule has 1 aliphatic carbocycles. The van der Waals surface area contributed by atoms with Crippen LogP contribution in [0.15, 0.2) is 52.1 Å². The van der Waals surface area contributed by atoms with E-state index in [0.29, 0.717) is 19.1 Å². The maximum atomic E-state index is 10.7. The van der Waals surface area contributed by atoms with Gasteiger partial charge in [0.2, 0.25) is 0 Å². The molecule has 24 heavy (non-hydrogen) atoms. The maximum absolute atomic E-state index is 10.7. The Morgan fingerprint density at radius 2 is 2.04 bits per heavy atom. The lowest BCUT2D eigenvalue weighted by molar-refractivity contribution is -0.384. The minimum absolute atomic E-state index is 0. The zero-order valence-corrected chi connectivity index (χ0v) is 15.3. The van der Waals surface area contributed by atoms with Gasteiger partial charge in [0, 0.05) is 18.2 Å². The first kappa shape index (κ1) is 18.2. The summed E-state index contributed by atoms with van der Waals surface area (Å²) in [5, 5.41) is 17.2. The number of nitro benzene ring substituents is 1. The van der Waals surface area contributed by atoms with Crippen LogP contribution in [0.2, 0.25) is 0 Å². The highest BCUT2D eigenvalue weighted by atomic mass is 127. The van der Waals surface area contributed by atoms with E-state index >= 15 is 0 Å². The van der Waals surface area contributed by atoms with Crippen molar-refractivity contribution in [3.8, 4) is 0 Å². The number of hydrogen-bond donors (Lipinski definition) is 2. The monoisotopic (exact) mass is 442 g/mol. The van der Waals surface area contributed by atoms with Gasteiger partial charge in [0.05, 0.1) is 24.3 Å². The van der Waals surface area contributed by atoms with Crippen molar-refractivity contribution in [2.75, 3.05) is 0 Å². The SMILES string of the molecule is I.O=[N+]([O-])c1ccc(CN=C(NCc2ccco2)NC2CC2)cc1. The van der Waals surface area contributed by atoms with Crippen LogP contribution in [0.25, 0.3) is 0 Å². The average Bonchev–Trinajstić information content (AvgIpc) is 3.22. The third-order valence-corrected chi connectivity index (χ3v) is 3.50. The minimum atomic E-state index is -0.405. The van der Waals surface area contributed by atoms with Gasteiger partial charge in [0.15, 0.2) is 5.96 Å². The molecule has 0 spiro atoms. The van der Waals surface area contributed by atoms with Gasteiger partial charge in [-0.05, 0) is 30.5 Å². The number of halogens is 1. The number of non-ortho nitro benzene ring substituents is 1. The largest absolute Gasteiger partial charge is 0.467 e. The maximum Gasteiger partial charge on any atom is 0.269 e. The van der Waals surface area contributed by atoms with Crippen LogP contribution in [0.3, 0.4) is 0 Å². The summed E-state index contributed by atoms with van der Waals surface area (Å²) < 4.78 is 5.29. The third-order valence-electron chi connectivity index (χ3n) is 3.50. The first-order chi connectivity index (χ1) is 11.2. The number of nitro groups is 1. The normalized spacial score (nSPS) is 13.9. The van der Waals surface area contributed by atoms with E-state index in [4.69, 9.17) is 4.42 Å². The Bertz CT molecular complexity index is 682. The highest BCUT2D eigenvalue weighted by molar-refractivity contribution is 14.0. The smallest absolute Gasteiger partial charge is 0.269 e. The van der Waals surface area contributed by atoms with E-state index < -0.39 is 4.92 Å². The number of nitrogens with one attached hydrogen (secondary N) is 2. The standard InChI is InChI=1S/C16H18N4O3.HI/c21-20(22)14-7-3-12(4-8-14)10-17-16(19-13-5-6-13)18-11-15-2-1-9-23-15;/h1-4,7-9,13H,5-6,10-11H2,(H2,17,18,19);1H. The number of guanidine groups is 1. The second kappa shape index (κ2) is 8.67. The Balaban J connectivity index is 0.00000208. The fourth-order valence-electron chi connectivity index (χ4n) is 2.05. The Morgan fingerprint density at radius 1 is 1.29 bits per heavy atom. The van der Waals surface area contributed by atoms with Crippen molar-refractivity contribution in [2.24, 2.45) is 4.99 Å². The molecule has 3 rings (SSSR count). The summed E-state index contributed by atoms with van der Waals surface area (Å²) in [4.78, 5) is 14.8. The molecule has 1 aromatic heterocycles. The van der Waals surface area contributed by atoms with Crippen LogP contribution in [0.1, 0.15) is 24.2 Å². The van der Waals surface area contributed by atoms with Crippen LogP contribution in [0.4, 0.5) is 5.69 Å². The van der Waals surface area contributed by atoms with Crippen LogP contribution in [-0.2, 0) is 13.1 Å². The van der Waals surface area contributed by atoms with Crippen molar-refractivity contribution in [3.63, 3.8) is 0 Å². The zero-order valence-electron chi connectivity index (χ0n) is 13.0. The predicted molar refractivity (Wildman–Crippen MR) is 101 cm³/mol. The summed E-state index contributed by atoms with van der Waals surface area (Å²) in [6, 6.07) is 10.7. The molecule has 0 radical (unpaired) electrons. The van der Waals surface area contributed by atoms with Crippen LogP contribution >= 0.6 is 24.0 Å². The van der Waals surface area contributed by atoms with Crippen molar-refractivity contribution in [2.45, 2.75) is 32.0 Å². The number of nitrogens with zero attached hydrogens (tertiary/aromatic N) is 2. The molecule has 0 saturated heterocycles. The van der Waals surface area contributed by atoms with E-state index in [1.165, 1.54) is 12.1 Å². The van der Waals surface area contributed by atoms with E-state index in [9.17, 15) is 10.1 Å². The number of benzene rings is 1. The second-order valence-corrected chi connectivity index (χ2v) is 5.44. The van der Waals surface area contributed by atoms with Crippen LogP contribution < -0.4 is 10.6 Å². The lowest BCUT2D eigenvalue weighted by Gasteiger charge is -2.11. The van der Waals surface area contributed by atoms with Gasteiger partial charge in [0.1, 0.15) is 5.76 Å². The quantitative estimate of drug-likeness (QED) is 0.236. The first-order valence-corrected chi connectivity index (χ1v) is 7.51. The summed E-state index contributed by atoms with van der Waals surface area (Å²) in [5.74, 6) is 1.56. The molecule has 2 aromatic rings. The Kier molecular flexibility index (Phi) is 6.59. The minimum Gasteiger partial charge on any atom is -0.467 e. The van der Waals surface area contributed by atoms with Gasteiger partial charge in [-0.1, -0.05) is 12.1 Å². The Morgan fingerprint density at radius 3 is 2.62 bits per heavy atom. The van der Waals surface area contributed by atoms with Crippen molar-refractivity contribution >= 4 is 35.6 Å². The molecule has 2 N–H and O–H groups in total. The van der Waals surface area contributed by atoms with Crippen LogP contribution in [-0.4, -0.2) is 16.9 Å². The second-order valence-electron chi connectivity index (χ2n) is 5.44. The summed E-state index contributed by atoms with van der Waals surface area (Å²) in [6.45, 7) is 1.02. The fourth-order valence-corrected chi connectivity index (χ4v) is 2.05. The van der Waals surface area contributed by atoms with E-state index in [2.05, 4.69) is 15.6 Å². The molecule has 0 unspecified atom stereocenters. The summed E-state index contributed by atoms with van der Waals surface area (Å²) in [5.41, 5.74) is 1.01. The van der Waals surface area contributed by atoms with E-state index in [1.54, 1.807) is 18.4 Å². The molecule has 1 fully saturated rings. The molecule has 128 valence electrons. The molecule has 0 bridgehead atoms. The number of furan rings is 1. The molecule has 1 saturated carbocycles. The number of rotatable bonds is 6. The predicted octanol–water partition coefficient (Wildman–Crippen LogP) is 3.20. The van der Waals surface area contributed by atoms with Gasteiger partial charge in [-0.3, -0.25) is 10.1 Å². The summed E-state index contributed by atoms with van der Waals surface area (Å²) in [7, 11) is 0. The molecule has 0 aliphatic heterocycles. The molecular formula is C16H19IN4O3. The number of aliphatic imine (C=N–C) groups is 1. The van der Waals surface area contributed by atoms with Crippen molar-refractivity contribution in [1.82, 2.24) is 10.6 Å². The molecule has 0 amide bonds. The fraction of sp³-hybridized carbons (Fsp3) is 0.312. The molecular weight excluding hydrogens is 423 g/mol. The molecule has 8 heteroatoms. The zero-order chi connectivity index (χ0) is 16.1. The first-order valence-electron chi connectivity index (χ1n) is 7.51. The Hall–Kier alpha value is -2.10. The molecule has 7 nitrogen and oxygen atoms in total. The van der Waals surface area contributed by atoms with Gasteiger partial charge in [-0.25, -0.2) is 4.99 Å². The summed E-state index contributed by atoms with van der Waals surface area (Å²) >= 11 is 0. The van der Waals surface area contributed by atoms with E-state index in [0.717, 1.165) is 30.1 Å². The van der Waals surface area contributed by atoms with E-state index in [-0.39, 0.29) is 29.7 Å². The summed E-state index contributed by atoms with van der Waals surface area (Å²) in [6.07, 6.45) is 3.94. The number of hydrogen-bond acceptors (Lipinski definition) is 4. The van der Waals surface area contributed by atoms with Gasteiger partial charge >= 0.3 is 0 Å². The lowest BCUT2D eigenvalue weighted by atomic mass is 10.2. The topological polar surface area (TPSA) is 92.7 Å². The third kappa shape index (κ3) is 5.52. The molecule has 1 aromatic carbocycles. The van der Waals surface area contributed by atoms with Gasteiger partial charge < -0.3 is 15.1 Å². The molecule has 1 heterocycles. The highest BCUT2D eigenvalue weighted by Gasteiger charge is 2.22. The molecule has 1 aliphatic rings. The van der Waals surface area contributed by atoms with Gasteiger partial charge in [0.25, 0.3) is 5.69 Å². The van der Waals surface area contributed by atoms with Crippen molar-refractivity contribution in [1.29, 1.82) is 0 Å².